The number of nitrogens with one attached hydrogen (secondary N) is 1. The second kappa shape index (κ2) is 8.38. The number of nitro groups is 1. The number of furan rings is 1. The van der Waals surface area contributed by atoms with Crippen LogP contribution < -0.4 is 10.1 Å². The maximum atomic E-state index is 12.9. The monoisotopic (exact) mass is 451 g/mol. The lowest BCUT2D eigenvalue weighted by Gasteiger charge is -2.23. The van der Waals surface area contributed by atoms with Crippen molar-refractivity contribution in [3.05, 3.63) is 69.5 Å². The molecule has 1 aliphatic heterocycles. The molecule has 33 heavy (non-hydrogen) atoms. The largest absolute Gasteiger partial charge is 0.490 e. The summed E-state index contributed by atoms with van der Waals surface area (Å²) in [5.41, 5.74) is -0.318. The van der Waals surface area contributed by atoms with E-state index in [1.165, 1.54) is 19.1 Å². The van der Waals surface area contributed by atoms with Crippen molar-refractivity contribution < 1.29 is 28.5 Å². The van der Waals surface area contributed by atoms with Gasteiger partial charge in [-0.3, -0.25) is 29.4 Å². The van der Waals surface area contributed by atoms with Gasteiger partial charge in [-0.1, -0.05) is 18.2 Å². The van der Waals surface area contributed by atoms with E-state index in [4.69, 9.17) is 9.15 Å². The quantitative estimate of drug-likeness (QED) is 0.330. The Morgan fingerprint density at radius 3 is 2.61 bits per heavy atom. The van der Waals surface area contributed by atoms with E-state index in [1.54, 1.807) is 19.1 Å². The Balaban J connectivity index is 1.54. The van der Waals surface area contributed by atoms with E-state index in [0.717, 1.165) is 16.4 Å². The van der Waals surface area contributed by atoms with Gasteiger partial charge in [0.2, 0.25) is 5.91 Å². The van der Waals surface area contributed by atoms with Gasteiger partial charge in [-0.2, -0.15) is 0 Å². The summed E-state index contributed by atoms with van der Waals surface area (Å²) in [5.74, 6) is -1.18. The van der Waals surface area contributed by atoms with E-state index >= 15 is 0 Å². The minimum absolute atomic E-state index is 0.0948. The van der Waals surface area contributed by atoms with Gasteiger partial charge in [-0.15, -0.1) is 0 Å². The first-order valence-corrected chi connectivity index (χ1v) is 10.4. The van der Waals surface area contributed by atoms with Crippen LogP contribution in [-0.4, -0.2) is 40.2 Å². The zero-order valence-electron chi connectivity index (χ0n) is 18.2. The molecule has 3 amide bonds. The molecular formula is C23H21N3O7. The summed E-state index contributed by atoms with van der Waals surface area (Å²) in [6.07, 6.45) is 0. The van der Waals surface area contributed by atoms with Gasteiger partial charge in [0.05, 0.1) is 23.1 Å². The summed E-state index contributed by atoms with van der Waals surface area (Å²) >= 11 is 0. The molecule has 170 valence electrons. The molecule has 0 spiro atoms. The standard InChI is InChI=1S/C23H21N3O7/c1-4-32-17-10-5-7-14-11-18(33-20(14)17)12(2)24-21(27)13(3)25-22(28)15-8-6-9-16(26(30)31)19(15)23(25)29/h5-13H,4H2,1-3H3,(H,24,27)/t12?,13-/m0/s1. The highest BCUT2D eigenvalue weighted by molar-refractivity contribution is 6.24. The maximum Gasteiger partial charge on any atom is 0.282 e. The van der Waals surface area contributed by atoms with Crippen LogP contribution in [0.4, 0.5) is 5.69 Å². The van der Waals surface area contributed by atoms with Gasteiger partial charge >= 0.3 is 0 Å². The normalized spacial score (nSPS) is 14.8. The fourth-order valence-corrected chi connectivity index (χ4v) is 3.85. The van der Waals surface area contributed by atoms with Crippen LogP contribution in [0.1, 0.15) is 53.3 Å². The van der Waals surface area contributed by atoms with Crippen molar-refractivity contribution in [1.82, 2.24) is 10.2 Å². The first-order chi connectivity index (χ1) is 15.7. The number of carbonyl (C=O) groups is 3. The number of fused-ring (bicyclic) bond motifs is 2. The molecular weight excluding hydrogens is 430 g/mol. The van der Waals surface area contributed by atoms with Gasteiger partial charge < -0.3 is 14.5 Å². The first-order valence-electron chi connectivity index (χ1n) is 10.4. The molecule has 3 aromatic rings. The van der Waals surface area contributed by atoms with Gasteiger partial charge in [0, 0.05) is 11.5 Å². The van der Waals surface area contributed by atoms with Crippen molar-refractivity contribution in [3.8, 4) is 5.75 Å². The zero-order valence-corrected chi connectivity index (χ0v) is 18.2. The van der Waals surface area contributed by atoms with Crippen molar-refractivity contribution in [3.63, 3.8) is 0 Å². The first kappa shape index (κ1) is 22.0. The Hall–Kier alpha value is -4.21. The van der Waals surface area contributed by atoms with E-state index < -0.39 is 40.4 Å². The number of rotatable bonds is 7. The molecule has 2 heterocycles. The number of nitrogens with zero attached hydrogens (tertiary/aromatic N) is 2. The van der Waals surface area contributed by atoms with Crippen molar-refractivity contribution in [2.24, 2.45) is 0 Å². The van der Waals surface area contributed by atoms with E-state index in [0.29, 0.717) is 23.7 Å². The Labute approximate surface area is 188 Å². The predicted molar refractivity (Wildman–Crippen MR) is 117 cm³/mol. The minimum atomic E-state index is -1.19. The predicted octanol–water partition coefficient (Wildman–Crippen LogP) is 3.60. The number of benzene rings is 2. The van der Waals surface area contributed by atoms with Crippen molar-refractivity contribution >= 4 is 34.4 Å². The van der Waals surface area contributed by atoms with Crippen molar-refractivity contribution in [2.75, 3.05) is 6.61 Å². The average Bonchev–Trinajstić information content (AvgIpc) is 3.33. The smallest absolute Gasteiger partial charge is 0.282 e. The summed E-state index contributed by atoms with van der Waals surface area (Å²) in [7, 11) is 0. The summed E-state index contributed by atoms with van der Waals surface area (Å²) in [5, 5.41) is 14.8. The number of nitro benzene ring substituents is 1. The number of carbonyl (C=O) groups excluding carboxylic acids is 3. The average molecular weight is 451 g/mol. The maximum absolute atomic E-state index is 12.9. The van der Waals surface area contributed by atoms with E-state index in [1.807, 2.05) is 19.1 Å². The molecule has 0 fully saturated rings. The van der Waals surface area contributed by atoms with E-state index in [-0.39, 0.29) is 11.1 Å². The number of imide groups is 1. The van der Waals surface area contributed by atoms with E-state index in [2.05, 4.69) is 5.32 Å². The highest BCUT2D eigenvalue weighted by Crippen LogP contribution is 2.33. The molecule has 0 bridgehead atoms. The molecule has 10 nitrogen and oxygen atoms in total. The molecule has 0 radical (unpaired) electrons. The van der Waals surface area contributed by atoms with Crippen LogP contribution in [0.15, 0.2) is 46.9 Å². The van der Waals surface area contributed by atoms with Gasteiger partial charge in [0.25, 0.3) is 17.5 Å². The van der Waals surface area contributed by atoms with Gasteiger partial charge in [-0.05, 0) is 39.0 Å². The third-order valence-corrected chi connectivity index (χ3v) is 5.50. The van der Waals surface area contributed by atoms with Crippen LogP contribution in [0.2, 0.25) is 0 Å². The minimum Gasteiger partial charge on any atom is -0.490 e. The molecule has 2 aromatic carbocycles. The number of amides is 3. The SMILES string of the molecule is CCOc1cccc2cc(C(C)NC(=O)[C@H](C)N3C(=O)c4cccc([N+](=O)[O-])c4C3=O)oc12. The molecule has 10 heteroatoms. The number of hydrogen-bond acceptors (Lipinski definition) is 7. The number of ether oxygens (including phenoxy) is 1. The second-order valence-electron chi connectivity index (χ2n) is 7.60. The molecule has 4 rings (SSSR count). The van der Waals surface area contributed by atoms with Crippen LogP contribution in [-0.2, 0) is 4.79 Å². The second-order valence-corrected chi connectivity index (χ2v) is 7.60. The lowest BCUT2D eigenvalue weighted by molar-refractivity contribution is -0.385. The third kappa shape index (κ3) is 3.69. The molecule has 0 saturated heterocycles. The molecule has 0 aliphatic carbocycles. The highest BCUT2D eigenvalue weighted by atomic mass is 16.6. The Morgan fingerprint density at radius 1 is 1.18 bits per heavy atom. The van der Waals surface area contributed by atoms with Crippen molar-refractivity contribution in [2.45, 2.75) is 32.9 Å². The number of para-hydroxylation sites is 1. The summed E-state index contributed by atoms with van der Waals surface area (Å²) < 4.78 is 11.5. The van der Waals surface area contributed by atoms with E-state index in [9.17, 15) is 24.5 Å². The highest BCUT2D eigenvalue weighted by Gasteiger charge is 2.45. The lowest BCUT2D eigenvalue weighted by Crippen LogP contribution is -2.48. The molecule has 1 N–H and O–H groups in total. The van der Waals surface area contributed by atoms with Crippen LogP contribution in [0.5, 0.6) is 5.75 Å². The van der Waals surface area contributed by atoms with Crippen LogP contribution in [0, 0.1) is 10.1 Å². The Bertz CT molecular complexity index is 1300. The third-order valence-electron chi connectivity index (χ3n) is 5.50. The lowest BCUT2D eigenvalue weighted by atomic mass is 10.1. The number of hydrogen-bond donors (Lipinski definition) is 1. The molecule has 1 aromatic heterocycles. The van der Waals surface area contributed by atoms with Crippen molar-refractivity contribution in [1.29, 1.82) is 0 Å². The van der Waals surface area contributed by atoms with Crippen LogP contribution >= 0.6 is 0 Å². The fourth-order valence-electron chi connectivity index (χ4n) is 3.85. The fraction of sp³-hybridized carbons (Fsp3) is 0.261. The molecule has 1 unspecified atom stereocenters. The molecule has 2 atom stereocenters. The van der Waals surface area contributed by atoms with Crippen LogP contribution in [0.25, 0.3) is 11.0 Å². The summed E-state index contributed by atoms with van der Waals surface area (Å²) in [4.78, 5) is 49.8. The summed E-state index contributed by atoms with van der Waals surface area (Å²) in [6, 6.07) is 9.29. The zero-order chi connectivity index (χ0) is 23.9. The molecule has 0 saturated carbocycles. The molecule has 1 aliphatic rings. The Morgan fingerprint density at radius 2 is 1.91 bits per heavy atom. The summed E-state index contributed by atoms with van der Waals surface area (Å²) in [6.45, 7) is 5.43. The van der Waals surface area contributed by atoms with Gasteiger partial charge in [0.1, 0.15) is 17.4 Å². The van der Waals surface area contributed by atoms with Crippen LogP contribution in [0.3, 0.4) is 0 Å². The Kier molecular flexibility index (Phi) is 5.59. The topological polar surface area (TPSA) is 132 Å². The van der Waals surface area contributed by atoms with Gasteiger partial charge in [-0.25, -0.2) is 0 Å². The van der Waals surface area contributed by atoms with Gasteiger partial charge in [0.15, 0.2) is 11.3 Å².